The van der Waals surface area contributed by atoms with Gasteiger partial charge in [0.05, 0.1) is 21.3 Å². The Hall–Kier alpha value is -4.26. The number of benzene rings is 3. The van der Waals surface area contributed by atoms with Crippen LogP contribution in [0.4, 0.5) is 5.69 Å². The number of hydrogen-bond donors (Lipinski definition) is 2. The highest BCUT2D eigenvalue weighted by Crippen LogP contribution is 2.38. The molecule has 3 aromatic carbocycles. The van der Waals surface area contributed by atoms with E-state index in [1.807, 2.05) is 55.5 Å². The summed E-state index contributed by atoms with van der Waals surface area (Å²) in [5.74, 6) is 0.0782. The molecule has 33 heavy (non-hydrogen) atoms. The molecule has 3 aromatic rings. The summed E-state index contributed by atoms with van der Waals surface area (Å²) < 4.78 is 16.0. The van der Waals surface area contributed by atoms with Crippen molar-refractivity contribution in [2.24, 2.45) is 0 Å². The number of methoxy groups -OCH3 is 3. The first-order valence-corrected chi connectivity index (χ1v) is 10.2. The first kappa shape index (κ1) is 23.4. The maximum absolute atomic E-state index is 13.1. The molecular formula is C26H26N2O5. The van der Waals surface area contributed by atoms with Crippen LogP contribution < -0.4 is 24.8 Å². The molecular weight excluding hydrogens is 420 g/mol. The number of rotatable bonds is 8. The Bertz CT molecular complexity index is 1150. The highest BCUT2D eigenvalue weighted by atomic mass is 16.5. The number of amides is 2. The Labute approximate surface area is 193 Å². The number of anilines is 1. The standard InChI is InChI=1S/C26H26N2O5/c1-17-9-8-12-20(13-17)27-26(30)21(14-18-10-6-5-7-11-18)28-25(29)19-15-22(31-2)24(33-4)23(16-19)32-3/h5-16H,1-4H3,(H,27,30)(H,28,29)/b21-14+. The topological polar surface area (TPSA) is 85.9 Å². The van der Waals surface area contributed by atoms with Crippen LogP contribution in [-0.4, -0.2) is 33.1 Å². The Morgan fingerprint density at radius 2 is 1.48 bits per heavy atom. The van der Waals surface area contributed by atoms with Gasteiger partial charge in [0.1, 0.15) is 5.70 Å². The van der Waals surface area contributed by atoms with E-state index in [9.17, 15) is 9.59 Å². The van der Waals surface area contributed by atoms with Gasteiger partial charge in [-0.15, -0.1) is 0 Å². The lowest BCUT2D eigenvalue weighted by Gasteiger charge is -2.15. The summed E-state index contributed by atoms with van der Waals surface area (Å²) in [5.41, 5.74) is 2.72. The normalized spacial score (nSPS) is 10.8. The molecule has 0 saturated carbocycles. The molecule has 0 spiro atoms. The first-order valence-electron chi connectivity index (χ1n) is 10.2. The molecule has 0 fully saturated rings. The number of nitrogens with one attached hydrogen (secondary N) is 2. The van der Waals surface area contributed by atoms with Gasteiger partial charge >= 0.3 is 0 Å². The quantitative estimate of drug-likeness (QED) is 0.500. The predicted octanol–water partition coefficient (Wildman–Crippen LogP) is 4.43. The third-order valence-electron chi connectivity index (χ3n) is 4.81. The molecule has 0 aliphatic heterocycles. The minimum absolute atomic E-state index is 0.0847. The maximum atomic E-state index is 13.1. The molecule has 0 aliphatic carbocycles. The van der Waals surface area contributed by atoms with Gasteiger partial charge in [0.2, 0.25) is 5.75 Å². The van der Waals surface area contributed by atoms with Crippen molar-refractivity contribution in [3.8, 4) is 17.2 Å². The second kappa shape index (κ2) is 10.9. The van der Waals surface area contributed by atoms with E-state index in [1.54, 1.807) is 12.1 Å². The van der Waals surface area contributed by atoms with Gasteiger partial charge in [0, 0.05) is 11.3 Å². The number of aryl methyl sites for hydroxylation is 1. The van der Waals surface area contributed by atoms with Crippen LogP contribution in [0.1, 0.15) is 21.5 Å². The summed E-state index contributed by atoms with van der Waals surface area (Å²) >= 11 is 0. The van der Waals surface area contributed by atoms with Crippen LogP contribution in [0.25, 0.3) is 6.08 Å². The van der Waals surface area contributed by atoms with Gasteiger partial charge in [-0.3, -0.25) is 9.59 Å². The van der Waals surface area contributed by atoms with Gasteiger partial charge in [-0.1, -0.05) is 42.5 Å². The molecule has 7 heteroatoms. The Kier molecular flexibility index (Phi) is 7.70. The van der Waals surface area contributed by atoms with Crippen LogP contribution >= 0.6 is 0 Å². The average Bonchev–Trinajstić information content (AvgIpc) is 2.83. The van der Waals surface area contributed by atoms with Crippen molar-refractivity contribution in [1.29, 1.82) is 0 Å². The molecule has 0 heterocycles. The minimum Gasteiger partial charge on any atom is -0.493 e. The fraction of sp³-hybridized carbons (Fsp3) is 0.154. The highest BCUT2D eigenvalue weighted by Gasteiger charge is 2.20. The summed E-state index contributed by atoms with van der Waals surface area (Å²) in [7, 11) is 4.42. The SMILES string of the molecule is COc1cc(C(=O)N/C(=C/c2ccccc2)C(=O)Nc2cccc(C)c2)cc(OC)c1OC. The number of carbonyl (C=O) groups is 2. The van der Waals surface area contributed by atoms with Crippen LogP contribution in [0, 0.1) is 6.92 Å². The van der Waals surface area contributed by atoms with Crippen molar-refractivity contribution in [3.63, 3.8) is 0 Å². The van der Waals surface area contributed by atoms with Gasteiger partial charge in [-0.05, 0) is 48.4 Å². The lowest BCUT2D eigenvalue weighted by molar-refractivity contribution is -0.113. The first-order chi connectivity index (χ1) is 15.9. The van der Waals surface area contributed by atoms with Gasteiger partial charge in [-0.25, -0.2) is 0 Å². The van der Waals surface area contributed by atoms with Gasteiger partial charge in [0.25, 0.3) is 11.8 Å². The summed E-state index contributed by atoms with van der Waals surface area (Å²) in [6, 6.07) is 19.7. The number of carbonyl (C=O) groups excluding carboxylic acids is 2. The zero-order valence-corrected chi connectivity index (χ0v) is 19.0. The van der Waals surface area contributed by atoms with Gasteiger partial charge in [0.15, 0.2) is 11.5 Å². The maximum Gasteiger partial charge on any atom is 0.272 e. The second-order valence-electron chi connectivity index (χ2n) is 7.16. The van der Waals surface area contributed by atoms with Crippen LogP contribution in [0.2, 0.25) is 0 Å². The molecule has 0 bridgehead atoms. The van der Waals surface area contributed by atoms with E-state index in [1.165, 1.54) is 33.5 Å². The fourth-order valence-electron chi connectivity index (χ4n) is 3.20. The van der Waals surface area contributed by atoms with E-state index in [-0.39, 0.29) is 11.3 Å². The molecule has 0 unspecified atom stereocenters. The Morgan fingerprint density at radius 1 is 0.818 bits per heavy atom. The van der Waals surface area contributed by atoms with Crippen molar-refractivity contribution in [2.75, 3.05) is 26.6 Å². The number of hydrogen-bond acceptors (Lipinski definition) is 5. The van der Waals surface area contributed by atoms with Crippen molar-refractivity contribution >= 4 is 23.6 Å². The monoisotopic (exact) mass is 446 g/mol. The summed E-state index contributed by atoms with van der Waals surface area (Å²) in [6.07, 6.45) is 1.61. The molecule has 2 N–H and O–H groups in total. The Balaban J connectivity index is 1.94. The van der Waals surface area contributed by atoms with Crippen molar-refractivity contribution in [2.45, 2.75) is 6.92 Å². The molecule has 7 nitrogen and oxygen atoms in total. The largest absolute Gasteiger partial charge is 0.493 e. The molecule has 170 valence electrons. The average molecular weight is 447 g/mol. The zero-order valence-electron chi connectivity index (χ0n) is 19.0. The van der Waals surface area contributed by atoms with Gasteiger partial charge < -0.3 is 24.8 Å². The van der Waals surface area contributed by atoms with E-state index >= 15 is 0 Å². The van der Waals surface area contributed by atoms with E-state index < -0.39 is 11.8 Å². The van der Waals surface area contributed by atoms with Crippen LogP contribution in [0.15, 0.2) is 72.4 Å². The van der Waals surface area contributed by atoms with E-state index in [0.717, 1.165) is 11.1 Å². The molecule has 0 saturated heterocycles. The molecule has 0 aliphatic rings. The minimum atomic E-state index is -0.504. The smallest absolute Gasteiger partial charge is 0.272 e. The summed E-state index contributed by atoms with van der Waals surface area (Å²) in [5, 5.41) is 5.55. The zero-order chi connectivity index (χ0) is 23.8. The van der Waals surface area contributed by atoms with Crippen molar-refractivity contribution < 1.29 is 23.8 Å². The third-order valence-corrected chi connectivity index (χ3v) is 4.81. The highest BCUT2D eigenvalue weighted by molar-refractivity contribution is 6.10. The Morgan fingerprint density at radius 3 is 2.06 bits per heavy atom. The lowest BCUT2D eigenvalue weighted by Crippen LogP contribution is -2.30. The van der Waals surface area contributed by atoms with E-state index in [0.29, 0.717) is 22.9 Å². The predicted molar refractivity (Wildman–Crippen MR) is 128 cm³/mol. The van der Waals surface area contributed by atoms with Crippen molar-refractivity contribution in [1.82, 2.24) is 5.32 Å². The fourth-order valence-corrected chi connectivity index (χ4v) is 3.20. The summed E-state index contributed by atoms with van der Waals surface area (Å²) in [4.78, 5) is 26.2. The van der Waals surface area contributed by atoms with E-state index in [2.05, 4.69) is 10.6 Å². The van der Waals surface area contributed by atoms with Gasteiger partial charge in [-0.2, -0.15) is 0 Å². The van der Waals surface area contributed by atoms with E-state index in [4.69, 9.17) is 14.2 Å². The molecule has 0 atom stereocenters. The lowest BCUT2D eigenvalue weighted by atomic mass is 10.1. The van der Waals surface area contributed by atoms with Crippen molar-refractivity contribution in [3.05, 3.63) is 89.1 Å². The van der Waals surface area contributed by atoms with Crippen LogP contribution in [-0.2, 0) is 4.79 Å². The summed E-state index contributed by atoms with van der Waals surface area (Å²) in [6.45, 7) is 1.93. The van der Waals surface area contributed by atoms with Crippen LogP contribution in [0.3, 0.4) is 0 Å². The second-order valence-corrected chi connectivity index (χ2v) is 7.16. The molecule has 0 radical (unpaired) electrons. The molecule has 3 rings (SSSR count). The third kappa shape index (κ3) is 5.92. The van der Waals surface area contributed by atoms with Crippen LogP contribution in [0.5, 0.6) is 17.2 Å². The molecule has 2 amide bonds. The number of ether oxygens (including phenoxy) is 3. The molecule has 0 aromatic heterocycles.